The van der Waals surface area contributed by atoms with E-state index in [1.807, 2.05) is 0 Å². The number of nitrogens with two attached hydrogens (primary N) is 1. The Kier molecular flexibility index (Phi) is 3.87. The van der Waals surface area contributed by atoms with Gasteiger partial charge in [0.2, 0.25) is 5.78 Å². The molecule has 19 heavy (non-hydrogen) atoms. The van der Waals surface area contributed by atoms with E-state index in [9.17, 15) is 13.6 Å². The molecule has 0 aliphatic heterocycles. The van der Waals surface area contributed by atoms with Gasteiger partial charge in [-0.05, 0) is 40.2 Å². The van der Waals surface area contributed by atoms with Crippen molar-refractivity contribution < 1.29 is 13.6 Å². The standard InChI is InChI=1S/C13H7BrClF2NO/c14-12-6(15)4-5-9(18)11(12)13(19)10-7(16)2-1-3-8(10)17/h1-5H,18H2. The fourth-order valence-corrected chi connectivity index (χ4v) is 2.33. The summed E-state index contributed by atoms with van der Waals surface area (Å²) in [6, 6.07) is 6.07. The minimum atomic E-state index is -0.948. The lowest BCUT2D eigenvalue weighted by atomic mass is 10.0. The number of nitrogen functional groups attached to an aromatic ring is 1. The van der Waals surface area contributed by atoms with Gasteiger partial charge in [-0.15, -0.1) is 0 Å². The van der Waals surface area contributed by atoms with Gasteiger partial charge in [0.15, 0.2) is 0 Å². The quantitative estimate of drug-likeness (QED) is 0.654. The number of benzene rings is 2. The molecule has 2 nitrogen and oxygen atoms in total. The lowest BCUT2D eigenvalue weighted by molar-refractivity contribution is 0.103. The molecule has 0 atom stereocenters. The Morgan fingerprint density at radius 1 is 1.11 bits per heavy atom. The molecule has 6 heteroatoms. The topological polar surface area (TPSA) is 43.1 Å². The van der Waals surface area contributed by atoms with Crippen molar-refractivity contribution in [3.05, 3.63) is 62.6 Å². The fraction of sp³-hybridized carbons (Fsp3) is 0. The second-order valence-electron chi connectivity index (χ2n) is 3.75. The van der Waals surface area contributed by atoms with Gasteiger partial charge in [0.05, 0.1) is 16.1 Å². The van der Waals surface area contributed by atoms with Gasteiger partial charge in [-0.2, -0.15) is 0 Å². The summed E-state index contributed by atoms with van der Waals surface area (Å²) in [6.07, 6.45) is 0. The number of carbonyl (C=O) groups excluding carboxylic acids is 1. The Labute approximate surface area is 121 Å². The van der Waals surface area contributed by atoms with E-state index in [-0.39, 0.29) is 20.7 Å². The van der Waals surface area contributed by atoms with Crippen molar-refractivity contribution in [3.63, 3.8) is 0 Å². The van der Waals surface area contributed by atoms with Crippen LogP contribution >= 0.6 is 27.5 Å². The molecule has 0 fully saturated rings. The van der Waals surface area contributed by atoms with E-state index in [0.717, 1.165) is 12.1 Å². The van der Waals surface area contributed by atoms with Crippen molar-refractivity contribution in [3.8, 4) is 0 Å². The minimum absolute atomic E-state index is 0.0588. The van der Waals surface area contributed by atoms with Crippen LogP contribution in [0.15, 0.2) is 34.8 Å². The molecule has 0 aliphatic rings. The molecule has 2 aromatic carbocycles. The number of hydrogen-bond acceptors (Lipinski definition) is 2. The van der Waals surface area contributed by atoms with Crippen molar-refractivity contribution >= 4 is 39.0 Å². The second kappa shape index (κ2) is 5.27. The van der Waals surface area contributed by atoms with Crippen molar-refractivity contribution in [1.82, 2.24) is 0 Å². The van der Waals surface area contributed by atoms with Crippen LogP contribution in [-0.4, -0.2) is 5.78 Å². The largest absolute Gasteiger partial charge is 0.398 e. The molecule has 2 N–H and O–H groups in total. The maximum absolute atomic E-state index is 13.6. The SMILES string of the molecule is Nc1ccc(Cl)c(Br)c1C(=O)c1c(F)cccc1F. The zero-order valence-corrected chi connectivity index (χ0v) is 11.7. The minimum Gasteiger partial charge on any atom is -0.398 e. The number of halogens is 4. The smallest absolute Gasteiger partial charge is 0.202 e. The van der Waals surface area contributed by atoms with Crippen LogP contribution < -0.4 is 5.73 Å². The predicted molar refractivity (Wildman–Crippen MR) is 73.4 cm³/mol. The Hall–Kier alpha value is -1.46. The van der Waals surface area contributed by atoms with Crippen LogP contribution in [0.2, 0.25) is 5.02 Å². The first-order chi connectivity index (χ1) is 8.93. The van der Waals surface area contributed by atoms with Gasteiger partial charge >= 0.3 is 0 Å². The summed E-state index contributed by atoms with van der Waals surface area (Å²) in [5.74, 6) is -2.75. The molecule has 98 valence electrons. The maximum Gasteiger partial charge on any atom is 0.202 e. The summed E-state index contributed by atoms with van der Waals surface area (Å²) >= 11 is 8.96. The van der Waals surface area contributed by atoms with Crippen LogP contribution in [0.4, 0.5) is 14.5 Å². The van der Waals surface area contributed by atoms with Crippen molar-refractivity contribution in [2.45, 2.75) is 0 Å². The average Bonchev–Trinajstić information content (AvgIpc) is 2.34. The lowest BCUT2D eigenvalue weighted by Gasteiger charge is -2.10. The second-order valence-corrected chi connectivity index (χ2v) is 4.95. The molecule has 2 rings (SSSR count). The fourth-order valence-electron chi connectivity index (χ4n) is 1.64. The number of ketones is 1. The number of hydrogen-bond donors (Lipinski definition) is 1. The van der Waals surface area contributed by atoms with E-state index in [0.29, 0.717) is 0 Å². The zero-order valence-electron chi connectivity index (χ0n) is 9.38. The van der Waals surface area contributed by atoms with Crippen LogP contribution in [0.5, 0.6) is 0 Å². The third-order valence-corrected chi connectivity index (χ3v) is 3.91. The van der Waals surface area contributed by atoms with E-state index in [1.54, 1.807) is 0 Å². The maximum atomic E-state index is 13.6. The van der Waals surface area contributed by atoms with Gasteiger partial charge in [-0.25, -0.2) is 8.78 Å². The molecule has 0 amide bonds. The summed E-state index contributed by atoms with van der Waals surface area (Å²) in [4.78, 5) is 12.2. The van der Waals surface area contributed by atoms with Crippen molar-refractivity contribution in [1.29, 1.82) is 0 Å². The van der Waals surface area contributed by atoms with E-state index in [1.165, 1.54) is 18.2 Å². The summed E-state index contributed by atoms with van der Waals surface area (Å²) in [5, 5.41) is 0.231. The highest BCUT2D eigenvalue weighted by molar-refractivity contribution is 9.10. The summed E-state index contributed by atoms with van der Waals surface area (Å²) in [6.45, 7) is 0. The van der Waals surface area contributed by atoms with Crippen LogP contribution in [0, 0.1) is 11.6 Å². The highest BCUT2D eigenvalue weighted by Gasteiger charge is 2.23. The third-order valence-electron chi connectivity index (χ3n) is 2.54. The molecular weight excluding hydrogens is 340 g/mol. The van der Waals surface area contributed by atoms with E-state index in [4.69, 9.17) is 17.3 Å². The summed E-state index contributed by atoms with van der Waals surface area (Å²) in [7, 11) is 0. The summed E-state index contributed by atoms with van der Waals surface area (Å²) < 4.78 is 27.4. The summed E-state index contributed by atoms with van der Waals surface area (Å²) in [5.41, 5.74) is 5.05. The Morgan fingerprint density at radius 2 is 1.68 bits per heavy atom. The first-order valence-corrected chi connectivity index (χ1v) is 6.32. The molecule has 0 unspecified atom stereocenters. The number of rotatable bonds is 2. The average molecular weight is 347 g/mol. The van der Waals surface area contributed by atoms with Crippen LogP contribution in [-0.2, 0) is 0 Å². The van der Waals surface area contributed by atoms with Crippen LogP contribution in [0.3, 0.4) is 0 Å². The normalized spacial score (nSPS) is 10.5. The number of anilines is 1. The monoisotopic (exact) mass is 345 g/mol. The van der Waals surface area contributed by atoms with Gasteiger partial charge in [-0.3, -0.25) is 4.79 Å². The molecule has 0 saturated heterocycles. The molecule has 0 radical (unpaired) electrons. The molecule has 0 aromatic heterocycles. The van der Waals surface area contributed by atoms with Crippen molar-refractivity contribution in [2.75, 3.05) is 5.73 Å². The van der Waals surface area contributed by atoms with Gasteiger partial charge in [0.25, 0.3) is 0 Å². The molecule has 2 aromatic rings. The molecule has 0 saturated carbocycles. The van der Waals surface area contributed by atoms with E-state index >= 15 is 0 Å². The van der Waals surface area contributed by atoms with E-state index in [2.05, 4.69) is 15.9 Å². The highest BCUT2D eigenvalue weighted by Crippen LogP contribution is 2.33. The zero-order chi connectivity index (χ0) is 14.2. The molecular formula is C13H7BrClF2NO. The van der Waals surface area contributed by atoms with Crippen LogP contribution in [0.1, 0.15) is 15.9 Å². The number of carbonyl (C=O) groups is 1. The van der Waals surface area contributed by atoms with Gasteiger partial charge in [-0.1, -0.05) is 17.7 Å². The molecule has 0 aliphatic carbocycles. The predicted octanol–water partition coefficient (Wildman–Crippen LogP) is 4.19. The van der Waals surface area contributed by atoms with Gasteiger partial charge in [0.1, 0.15) is 11.6 Å². The van der Waals surface area contributed by atoms with Gasteiger partial charge in [0, 0.05) is 10.2 Å². The van der Waals surface area contributed by atoms with Crippen molar-refractivity contribution in [2.24, 2.45) is 0 Å². The highest BCUT2D eigenvalue weighted by atomic mass is 79.9. The first kappa shape index (κ1) is 14.0. The Bertz CT molecular complexity index is 656. The first-order valence-electron chi connectivity index (χ1n) is 5.15. The van der Waals surface area contributed by atoms with E-state index < -0.39 is 23.0 Å². The lowest BCUT2D eigenvalue weighted by Crippen LogP contribution is -2.11. The Balaban J connectivity index is 2.67. The molecule has 0 heterocycles. The van der Waals surface area contributed by atoms with Crippen LogP contribution in [0.25, 0.3) is 0 Å². The third kappa shape index (κ3) is 2.48. The molecule has 0 spiro atoms. The Morgan fingerprint density at radius 3 is 2.26 bits per heavy atom. The van der Waals surface area contributed by atoms with Gasteiger partial charge < -0.3 is 5.73 Å². The molecule has 0 bridgehead atoms.